The van der Waals surface area contributed by atoms with Gasteiger partial charge in [-0.2, -0.15) is 13.2 Å². The predicted molar refractivity (Wildman–Crippen MR) is 106 cm³/mol. The zero-order valence-corrected chi connectivity index (χ0v) is 17.0. The molecule has 1 aromatic carbocycles. The van der Waals surface area contributed by atoms with Crippen molar-refractivity contribution in [3.05, 3.63) is 29.8 Å². The summed E-state index contributed by atoms with van der Waals surface area (Å²) in [6.45, 7) is 3.93. The highest BCUT2D eigenvalue weighted by Crippen LogP contribution is 2.42. The first-order valence-electron chi connectivity index (χ1n) is 10.6. The Morgan fingerprint density at radius 1 is 1.10 bits per heavy atom. The first-order chi connectivity index (χ1) is 14.7. The van der Waals surface area contributed by atoms with E-state index >= 15 is 0 Å². The summed E-state index contributed by atoms with van der Waals surface area (Å²) in [5.41, 5.74) is 0.129. The summed E-state index contributed by atoms with van der Waals surface area (Å²) >= 11 is 0. The Balaban J connectivity index is 1.16. The fourth-order valence-electron chi connectivity index (χ4n) is 5.24. The van der Waals surface area contributed by atoms with E-state index in [1.807, 2.05) is 4.90 Å². The second-order valence-corrected chi connectivity index (χ2v) is 9.11. The lowest BCUT2D eigenvalue weighted by Crippen LogP contribution is -2.62. The summed E-state index contributed by atoms with van der Waals surface area (Å²) in [6, 6.07) is 5.08. The molecule has 5 rings (SSSR count). The Morgan fingerprint density at radius 2 is 1.84 bits per heavy atom. The quantitative estimate of drug-likeness (QED) is 0.728. The van der Waals surface area contributed by atoms with Gasteiger partial charge in [0.2, 0.25) is 5.91 Å². The van der Waals surface area contributed by atoms with Crippen LogP contribution in [0.4, 0.5) is 23.7 Å². The third-order valence-corrected chi connectivity index (χ3v) is 6.92. The van der Waals surface area contributed by atoms with Crippen LogP contribution in [-0.4, -0.2) is 79.8 Å². The molecule has 4 fully saturated rings. The number of nitrogens with one attached hydrogen (secondary N) is 1. The number of halogens is 3. The van der Waals surface area contributed by atoms with Crippen LogP contribution >= 0.6 is 0 Å². The Kier molecular flexibility index (Phi) is 4.80. The van der Waals surface area contributed by atoms with Gasteiger partial charge in [-0.3, -0.25) is 4.79 Å². The molecule has 4 heterocycles. The van der Waals surface area contributed by atoms with E-state index in [1.54, 1.807) is 4.90 Å². The summed E-state index contributed by atoms with van der Waals surface area (Å²) in [5.74, 6) is -0.145. The highest BCUT2D eigenvalue weighted by Gasteiger charge is 2.50. The van der Waals surface area contributed by atoms with Crippen LogP contribution in [0, 0.1) is 5.41 Å². The number of piperidine rings is 1. The standard InChI is InChI=1S/C21H25F3N4O3/c22-21(23,24)14-1-3-15(4-2-14)28-12-20(13-28)6-8-27(11-20)19(30)26-7-5-17-16(9-26)25-18(29)10-31-17/h1-4,16-17H,5-13H2,(H,25,29)/t16-,17?/m1/s1. The lowest BCUT2D eigenvalue weighted by atomic mass is 9.78. The fourth-order valence-corrected chi connectivity index (χ4v) is 5.24. The number of benzene rings is 1. The molecule has 10 heteroatoms. The number of rotatable bonds is 1. The lowest BCUT2D eigenvalue weighted by molar-refractivity contribution is -0.139. The van der Waals surface area contributed by atoms with Crippen molar-refractivity contribution in [2.45, 2.75) is 31.2 Å². The molecule has 1 aromatic rings. The molecule has 7 nitrogen and oxygen atoms in total. The van der Waals surface area contributed by atoms with Crippen LogP contribution < -0.4 is 10.2 Å². The number of hydrogen-bond acceptors (Lipinski definition) is 4. The van der Waals surface area contributed by atoms with Gasteiger partial charge in [-0.25, -0.2) is 4.79 Å². The topological polar surface area (TPSA) is 65.1 Å². The maximum absolute atomic E-state index is 13.0. The van der Waals surface area contributed by atoms with Crippen LogP contribution in [0.1, 0.15) is 18.4 Å². The molecule has 4 saturated heterocycles. The number of anilines is 1. The van der Waals surface area contributed by atoms with Gasteiger partial charge >= 0.3 is 12.2 Å². The SMILES string of the molecule is O=C1COC2CCN(C(=O)N3CCC4(C3)CN(c3ccc(C(F)(F)F)cc3)C4)C[C@H]2N1. The number of nitrogens with zero attached hydrogens (tertiary/aromatic N) is 3. The molecule has 0 bridgehead atoms. The number of amides is 3. The van der Waals surface area contributed by atoms with Crippen molar-refractivity contribution < 1.29 is 27.5 Å². The maximum Gasteiger partial charge on any atom is 0.416 e. The molecule has 31 heavy (non-hydrogen) atoms. The molecule has 168 valence electrons. The van der Waals surface area contributed by atoms with Gasteiger partial charge in [0, 0.05) is 50.4 Å². The predicted octanol–water partition coefficient (Wildman–Crippen LogP) is 1.93. The van der Waals surface area contributed by atoms with E-state index in [2.05, 4.69) is 10.2 Å². The smallest absolute Gasteiger partial charge is 0.370 e. The number of carbonyl (C=O) groups is 2. The van der Waals surface area contributed by atoms with Gasteiger partial charge in [-0.05, 0) is 37.1 Å². The number of fused-ring (bicyclic) bond motifs is 1. The molecule has 0 aliphatic carbocycles. The minimum Gasteiger partial charge on any atom is -0.370 e. The summed E-state index contributed by atoms with van der Waals surface area (Å²) < 4.78 is 43.8. The van der Waals surface area contributed by atoms with Crippen LogP contribution in [0.5, 0.6) is 0 Å². The minimum atomic E-state index is -4.33. The highest BCUT2D eigenvalue weighted by molar-refractivity contribution is 5.79. The van der Waals surface area contributed by atoms with Crippen molar-refractivity contribution in [3.8, 4) is 0 Å². The van der Waals surface area contributed by atoms with E-state index in [0.717, 1.165) is 37.3 Å². The number of morpholine rings is 1. The van der Waals surface area contributed by atoms with E-state index in [9.17, 15) is 22.8 Å². The third kappa shape index (κ3) is 3.81. The van der Waals surface area contributed by atoms with Gasteiger partial charge in [-0.15, -0.1) is 0 Å². The Bertz CT molecular complexity index is 870. The molecule has 1 spiro atoms. The highest BCUT2D eigenvalue weighted by atomic mass is 19.4. The lowest BCUT2D eigenvalue weighted by Gasteiger charge is -2.49. The number of alkyl halides is 3. The Morgan fingerprint density at radius 3 is 2.55 bits per heavy atom. The van der Waals surface area contributed by atoms with Gasteiger partial charge in [0.1, 0.15) is 6.61 Å². The number of urea groups is 1. The molecule has 4 aliphatic heterocycles. The summed E-state index contributed by atoms with van der Waals surface area (Å²) in [7, 11) is 0. The van der Waals surface area contributed by atoms with Crippen LogP contribution in [0.2, 0.25) is 0 Å². The molecule has 3 amide bonds. The molecule has 4 aliphatic rings. The molecule has 0 aromatic heterocycles. The van der Waals surface area contributed by atoms with Gasteiger partial charge < -0.3 is 24.8 Å². The van der Waals surface area contributed by atoms with Crippen molar-refractivity contribution in [3.63, 3.8) is 0 Å². The largest absolute Gasteiger partial charge is 0.416 e. The number of likely N-dealkylation sites (tertiary alicyclic amines) is 2. The summed E-state index contributed by atoms with van der Waals surface area (Å²) in [5, 5.41) is 2.92. The van der Waals surface area contributed by atoms with Crippen molar-refractivity contribution in [1.82, 2.24) is 15.1 Å². The molecule has 2 atom stereocenters. The summed E-state index contributed by atoms with van der Waals surface area (Å²) in [6.07, 6.45) is -2.77. The number of hydrogen-bond donors (Lipinski definition) is 1. The van der Waals surface area contributed by atoms with Crippen molar-refractivity contribution in [1.29, 1.82) is 0 Å². The van der Waals surface area contributed by atoms with Gasteiger partial charge in [0.05, 0.1) is 17.7 Å². The maximum atomic E-state index is 13.0. The molecule has 0 radical (unpaired) electrons. The number of carbonyl (C=O) groups excluding carboxylic acids is 2. The minimum absolute atomic E-state index is 0.00114. The second kappa shape index (κ2) is 7.29. The van der Waals surface area contributed by atoms with Crippen LogP contribution in [-0.2, 0) is 15.7 Å². The van der Waals surface area contributed by atoms with Gasteiger partial charge in [0.15, 0.2) is 0 Å². The van der Waals surface area contributed by atoms with Crippen molar-refractivity contribution in [2.24, 2.45) is 5.41 Å². The Hall–Kier alpha value is -2.49. The monoisotopic (exact) mass is 438 g/mol. The van der Waals surface area contributed by atoms with E-state index in [1.165, 1.54) is 12.1 Å². The average Bonchev–Trinajstić information content (AvgIpc) is 3.17. The Labute approximate surface area is 178 Å². The fraction of sp³-hybridized carbons (Fsp3) is 0.619. The van der Waals surface area contributed by atoms with E-state index in [0.29, 0.717) is 32.6 Å². The van der Waals surface area contributed by atoms with Crippen LogP contribution in [0.3, 0.4) is 0 Å². The second-order valence-electron chi connectivity index (χ2n) is 9.11. The zero-order valence-electron chi connectivity index (χ0n) is 17.0. The molecular formula is C21H25F3N4O3. The van der Waals surface area contributed by atoms with Gasteiger partial charge in [-0.1, -0.05) is 0 Å². The zero-order chi connectivity index (χ0) is 21.8. The van der Waals surface area contributed by atoms with E-state index in [-0.39, 0.29) is 36.1 Å². The van der Waals surface area contributed by atoms with Crippen LogP contribution in [0.15, 0.2) is 24.3 Å². The average molecular weight is 438 g/mol. The van der Waals surface area contributed by atoms with Crippen LogP contribution in [0.25, 0.3) is 0 Å². The summed E-state index contributed by atoms with van der Waals surface area (Å²) in [4.78, 5) is 30.4. The molecule has 1 unspecified atom stereocenters. The molecule has 0 saturated carbocycles. The van der Waals surface area contributed by atoms with Crippen molar-refractivity contribution in [2.75, 3.05) is 50.8 Å². The first-order valence-corrected chi connectivity index (χ1v) is 10.6. The number of ether oxygens (including phenoxy) is 1. The van der Waals surface area contributed by atoms with E-state index in [4.69, 9.17) is 4.74 Å². The first kappa shape index (κ1) is 20.4. The normalized spacial score (nSPS) is 27.7. The third-order valence-electron chi connectivity index (χ3n) is 6.92. The van der Waals surface area contributed by atoms with E-state index < -0.39 is 11.7 Å². The van der Waals surface area contributed by atoms with Crippen molar-refractivity contribution >= 4 is 17.6 Å². The molecule has 1 N–H and O–H groups in total. The van der Waals surface area contributed by atoms with Gasteiger partial charge in [0.25, 0.3) is 0 Å². The molecular weight excluding hydrogens is 413 g/mol.